The zero-order valence-electron chi connectivity index (χ0n) is 31.7. The molecule has 0 aromatic heterocycles. The number of fused-ring (bicyclic) bond motifs is 1. The Balaban J connectivity index is 1.74. The molecular formula is C39H59O11P. The summed E-state index contributed by atoms with van der Waals surface area (Å²) in [7, 11) is -0.614. The maximum Gasteiger partial charge on any atom is 0.340 e. The van der Waals surface area contributed by atoms with E-state index in [1.54, 1.807) is 20.8 Å². The Morgan fingerprint density at radius 1 is 0.980 bits per heavy atom. The normalized spacial score (nSPS) is 27.3. The van der Waals surface area contributed by atoms with E-state index < -0.39 is 49.1 Å². The molecule has 0 N–H and O–H groups in total. The fourth-order valence-corrected chi connectivity index (χ4v) is 9.32. The first-order valence-corrected chi connectivity index (χ1v) is 19.7. The zero-order chi connectivity index (χ0) is 37.6. The van der Waals surface area contributed by atoms with Gasteiger partial charge in [-0.3, -0.25) is 14.2 Å². The van der Waals surface area contributed by atoms with Crippen LogP contribution in [0, 0.1) is 23.2 Å². The Labute approximate surface area is 304 Å². The largest absolute Gasteiger partial charge is 0.468 e. The number of ether oxygens (including phenoxy) is 5. The molecule has 1 aliphatic carbocycles. The molecule has 1 heterocycles. The predicted octanol–water partition coefficient (Wildman–Crippen LogP) is 7.61. The first kappa shape index (κ1) is 42.9. The number of Topliss-reactive ketones (excluding diaryl/α,β-unsaturated/α-hetero) is 1. The highest BCUT2D eigenvalue weighted by Gasteiger charge is 2.69. The average molecular weight is 735 g/mol. The lowest BCUT2D eigenvalue weighted by Gasteiger charge is -2.39. The first-order valence-electron chi connectivity index (χ1n) is 18.1. The summed E-state index contributed by atoms with van der Waals surface area (Å²) in [5.74, 6) is -1.33. The predicted molar refractivity (Wildman–Crippen MR) is 194 cm³/mol. The molecule has 2 fully saturated rings. The minimum atomic E-state index is -3.50. The van der Waals surface area contributed by atoms with Gasteiger partial charge in [0.1, 0.15) is 36.0 Å². The van der Waals surface area contributed by atoms with E-state index in [1.807, 2.05) is 57.2 Å². The Morgan fingerprint density at radius 3 is 2.25 bits per heavy atom. The number of ketones is 1. The van der Waals surface area contributed by atoms with Crippen LogP contribution < -0.4 is 0 Å². The van der Waals surface area contributed by atoms with Gasteiger partial charge in [0.25, 0.3) is 0 Å². The van der Waals surface area contributed by atoms with Gasteiger partial charge in [0.15, 0.2) is 6.29 Å². The molecule has 12 heteroatoms. The van der Waals surface area contributed by atoms with Crippen molar-refractivity contribution in [2.24, 2.45) is 23.2 Å². The molecule has 1 aromatic rings. The van der Waals surface area contributed by atoms with Crippen molar-refractivity contribution in [2.45, 2.75) is 111 Å². The standard InChI is InChI=1S/C39H59O11P/c1-9-48-51(43,49-10-2)30(6)33(41)20-19-27(3)15-14-16-28(4)21-23-39(38(42)45-8)32(22-24-40)34-29(5)37(46-25-31-17-12-11-13-18-31)50-35(34)36(39)47-26-44-7/h11-13,15,17-18,21,24,29-30,32,34-37H,9-10,14,16,19-20,22-23,25-26H2,1-8H3/b27-15+,28-21+/t29-,30?,32+,34+,35+,36+,37-,39+/m0/s1. The topological polar surface area (TPSA) is 133 Å². The molecule has 51 heavy (non-hydrogen) atoms. The number of hydrogen-bond acceptors (Lipinski definition) is 11. The Bertz CT molecular complexity index is 1370. The van der Waals surface area contributed by atoms with Crippen molar-refractivity contribution >= 4 is 25.6 Å². The van der Waals surface area contributed by atoms with E-state index in [0.717, 1.165) is 35.8 Å². The number of rotatable bonds is 23. The quantitative estimate of drug-likeness (QED) is 0.0362. The number of esters is 1. The van der Waals surface area contributed by atoms with Gasteiger partial charge in [0, 0.05) is 25.9 Å². The van der Waals surface area contributed by atoms with Gasteiger partial charge in [0.05, 0.1) is 33.0 Å². The lowest BCUT2D eigenvalue weighted by Crippen LogP contribution is -2.49. The fourth-order valence-electron chi connectivity index (χ4n) is 7.59. The second-order valence-corrected chi connectivity index (χ2v) is 16.0. The molecule has 1 aromatic carbocycles. The summed E-state index contributed by atoms with van der Waals surface area (Å²) in [5.41, 5.74) is 1.12. The number of carbonyl (C=O) groups is 3. The van der Waals surface area contributed by atoms with Crippen LogP contribution in [0.1, 0.15) is 85.6 Å². The third kappa shape index (κ3) is 10.6. The molecule has 2 aliphatic rings. The van der Waals surface area contributed by atoms with E-state index in [2.05, 4.69) is 6.08 Å². The molecule has 11 nitrogen and oxygen atoms in total. The van der Waals surface area contributed by atoms with Crippen LogP contribution in [-0.4, -0.2) is 76.4 Å². The molecule has 0 spiro atoms. The summed E-state index contributed by atoms with van der Waals surface area (Å²) < 4.78 is 53.5. The van der Waals surface area contributed by atoms with Gasteiger partial charge < -0.3 is 37.5 Å². The third-order valence-corrected chi connectivity index (χ3v) is 12.8. The van der Waals surface area contributed by atoms with E-state index in [1.165, 1.54) is 14.2 Å². The van der Waals surface area contributed by atoms with Crippen molar-refractivity contribution in [3.63, 3.8) is 0 Å². The maximum atomic E-state index is 13.9. The van der Waals surface area contributed by atoms with E-state index in [4.69, 9.17) is 32.7 Å². The number of methoxy groups -OCH3 is 2. The van der Waals surface area contributed by atoms with Crippen molar-refractivity contribution in [3.8, 4) is 0 Å². The second-order valence-electron chi connectivity index (χ2n) is 13.6. The minimum Gasteiger partial charge on any atom is -0.468 e. The van der Waals surface area contributed by atoms with Crippen LogP contribution in [0.3, 0.4) is 0 Å². The highest BCUT2D eigenvalue weighted by Crippen LogP contribution is 2.60. The van der Waals surface area contributed by atoms with Crippen molar-refractivity contribution in [2.75, 3.05) is 34.2 Å². The molecule has 8 atom stereocenters. The number of allylic oxidation sites excluding steroid dienone is 4. The molecule has 0 bridgehead atoms. The van der Waals surface area contributed by atoms with Gasteiger partial charge in [-0.1, -0.05) is 60.6 Å². The second kappa shape index (κ2) is 20.7. The van der Waals surface area contributed by atoms with E-state index in [9.17, 15) is 18.9 Å². The van der Waals surface area contributed by atoms with Crippen LogP contribution >= 0.6 is 7.60 Å². The number of aldehydes is 1. The van der Waals surface area contributed by atoms with Gasteiger partial charge in [0.2, 0.25) is 0 Å². The zero-order valence-corrected chi connectivity index (χ0v) is 32.6. The number of benzene rings is 1. The van der Waals surface area contributed by atoms with Crippen molar-refractivity contribution in [1.82, 2.24) is 0 Å². The summed E-state index contributed by atoms with van der Waals surface area (Å²) in [6, 6.07) is 9.84. The van der Waals surface area contributed by atoms with Gasteiger partial charge in [-0.15, -0.1) is 0 Å². The Morgan fingerprint density at radius 2 is 1.65 bits per heavy atom. The van der Waals surface area contributed by atoms with E-state index in [-0.39, 0.29) is 50.5 Å². The van der Waals surface area contributed by atoms with Crippen molar-refractivity contribution in [3.05, 3.63) is 59.2 Å². The molecule has 1 aliphatic heterocycles. The van der Waals surface area contributed by atoms with Crippen LogP contribution in [0.5, 0.6) is 0 Å². The monoisotopic (exact) mass is 734 g/mol. The molecular weight excluding hydrogens is 675 g/mol. The van der Waals surface area contributed by atoms with Gasteiger partial charge >= 0.3 is 13.6 Å². The molecule has 0 radical (unpaired) electrons. The number of hydrogen-bond donors (Lipinski definition) is 0. The van der Waals surface area contributed by atoms with Crippen LogP contribution in [0.4, 0.5) is 0 Å². The fraction of sp³-hybridized carbons (Fsp3) is 0.667. The lowest BCUT2D eigenvalue weighted by molar-refractivity contribution is -0.211. The average Bonchev–Trinajstić information content (AvgIpc) is 3.58. The summed E-state index contributed by atoms with van der Waals surface area (Å²) >= 11 is 0. The summed E-state index contributed by atoms with van der Waals surface area (Å²) in [5, 5.41) is 0. The van der Waals surface area contributed by atoms with Crippen molar-refractivity contribution < 1.29 is 51.7 Å². The van der Waals surface area contributed by atoms with Crippen molar-refractivity contribution in [1.29, 1.82) is 0 Å². The van der Waals surface area contributed by atoms with Crippen LogP contribution in [0.2, 0.25) is 0 Å². The number of carbonyl (C=O) groups excluding carboxylic acids is 3. The van der Waals surface area contributed by atoms with Gasteiger partial charge in [-0.25, -0.2) is 0 Å². The van der Waals surface area contributed by atoms with E-state index in [0.29, 0.717) is 19.4 Å². The molecule has 1 saturated heterocycles. The van der Waals surface area contributed by atoms with Crippen LogP contribution in [0.15, 0.2) is 53.6 Å². The SMILES string of the molecule is CCOP(=O)(OCC)C(C)C(=O)CC/C(C)=C/CC/C(C)=C/C[C@@]1(C(=O)OC)[C@H](CC=O)[C@H]2[C@H](C)[C@@H](OCc3ccccc3)O[C@H]2[C@H]1OCOC. The smallest absolute Gasteiger partial charge is 0.340 e. The minimum absolute atomic E-state index is 0.0590. The molecule has 3 rings (SSSR count). The highest BCUT2D eigenvalue weighted by atomic mass is 31.2. The Kier molecular flexibility index (Phi) is 17.4. The van der Waals surface area contributed by atoms with Gasteiger partial charge in [-0.05, 0) is 77.7 Å². The van der Waals surface area contributed by atoms with Gasteiger partial charge in [-0.2, -0.15) is 0 Å². The molecule has 286 valence electrons. The Hall–Kier alpha value is -2.50. The molecule has 1 saturated carbocycles. The lowest BCUT2D eigenvalue weighted by atomic mass is 9.68. The highest BCUT2D eigenvalue weighted by molar-refractivity contribution is 7.55. The molecule has 0 amide bonds. The third-order valence-electron chi connectivity index (χ3n) is 10.3. The molecule has 1 unspecified atom stereocenters. The van der Waals surface area contributed by atoms with Crippen LogP contribution in [0.25, 0.3) is 0 Å². The van der Waals surface area contributed by atoms with Crippen LogP contribution in [-0.2, 0) is 58.3 Å². The summed E-state index contributed by atoms with van der Waals surface area (Å²) in [6.45, 7) is 11.8. The summed E-state index contributed by atoms with van der Waals surface area (Å²) in [6.07, 6.45) is 5.89. The summed E-state index contributed by atoms with van der Waals surface area (Å²) in [4.78, 5) is 38.9. The van der Waals surface area contributed by atoms with E-state index >= 15 is 0 Å². The first-order chi connectivity index (χ1) is 24.4. The maximum absolute atomic E-state index is 13.9.